The normalized spacial score (nSPS) is 16.3. The first kappa shape index (κ1) is 18.8. The SMILES string of the molecule is O=C(Nc1ccc(Cl)c([N+](=O)[O-])c1)c1c[nH]c(=O)n(CC2CCCO2)c1=O. The number of H-pyrrole nitrogens is 1. The van der Waals surface area contributed by atoms with Crippen molar-refractivity contribution in [3.8, 4) is 0 Å². The second kappa shape index (κ2) is 7.72. The quantitative estimate of drug-likeness (QED) is 0.582. The number of nitro benzene ring substituents is 1. The van der Waals surface area contributed by atoms with Crippen molar-refractivity contribution < 1.29 is 14.5 Å². The molecular formula is C16H15ClN4O6. The first-order valence-corrected chi connectivity index (χ1v) is 8.44. The molecule has 0 saturated carbocycles. The van der Waals surface area contributed by atoms with Crippen molar-refractivity contribution in [3.05, 3.63) is 65.9 Å². The van der Waals surface area contributed by atoms with E-state index in [0.717, 1.165) is 29.7 Å². The van der Waals surface area contributed by atoms with Crippen LogP contribution in [-0.2, 0) is 11.3 Å². The second-order valence-electron chi connectivity index (χ2n) is 5.94. The van der Waals surface area contributed by atoms with E-state index in [1.165, 1.54) is 12.1 Å². The number of aromatic nitrogens is 2. The van der Waals surface area contributed by atoms with Gasteiger partial charge in [0.15, 0.2) is 0 Å². The number of amides is 1. The minimum absolute atomic E-state index is 0.0434. The summed E-state index contributed by atoms with van der Waals surface area (Å²) in [7, 11) is 0. The molecular weight excluding hydrogens is 380 g/mol. The summed E-state index contributed by atoms with van der Waals surface area (Å²) < 4.78 is 6.33. The predicted molar refractivity (Wildman–Crippen MR) is 96.4 cm³/mol. The number of halogens is 1. The Morgan fingerprint density at radius 2 is 2.22 bits per heavy atom. The maximum atomic E-state index is 12.5. The highest BCUT2D eigenvalue weighted by atomic mass is 35.5. The Morgan fingerprint density at radius 1 is 1.44 bits per heavy atom. The lowest BCUT2D eigenvalue weighted by atomic mass is 10.2. The number of nitrogens with zero attached hydrogens (tertiary/aromatic N) is 2. The van der Waals surface area contributed by atoms with E-state index >= 15 is 0 Å². The second-order valence-corrected chi connectivity index (χ2v) is 6.34. The Bertz CT molecular complexity index is 1010. The summed E-state index contributed by atoms with van der Waals surface area (Å²) in [5.41, 5.74) is -2.01. The number of ether oxygens (including phenoxy) is 1. The fourth-order valence-electron chi connectivity index (χ4n) is 2.76. The molecule has 1 unspecified atom stereocenters. The molecule has 2 N–H and O–H groups in total. The summed E-state index contributed by atoms with van der Waals surface area (Å²) in [5, 5.41) is 13.2. The van der Waals surface area contributed by atoms with Gasteiger partial charge in [0, 0.05) is 24.6 Å². The molecule has 1 aliphatic heterocycles. The van der Waals surface area contributed by atoms with Gasteiger partial charge in [-0.1, -0.05) is 11.6 Å². The van der Waals surface area contributed by atoms with Gasteiger partial charge in [-0.25, -0.2) is 4.79 Å². The van der Waals surface area contributed by atoms with Crippen molar-refractivity contribution in [2.24, 2.45) is 0 Å². The maximum absolute atomic E-state index is 12.5. The Morgan fingerprint density at radius 3 is 2.89 bits per heavy atom. The molecule has 11 heteroatoms. The van der Waals surface area contributed by atoms with Crippen LogP contribution in [0.2, 0.25) is 5.02 Å². The van der Waals surface area contributed by atoms with Gasteiger partial charge in [0.05, 0.1) is 17.6 Å². The number of anilines is 1. The molecule has 1 aromatic heterocycles. The third-order valence-electron chi connectivity index (χ3n) is 4.12. The van der Waals surface area contributed by atoms with E-state index in [1.807, 2.05) is 0 Å². The van der Waals surface area contributed by atoms with Crippen LogP contribution in [0.5, 0.6) is 0 Å². The number of carbonyl (C=O) groups excluding carboxylic acids is 1. The number of carbonyl (C=O) groups is 1. The lowest BCUT2D eigenvalue weighted by Crippen LogP contribution is -2.41. The molecule has 1 atom stereocenters. The predicted octanol–water partition coefficient (Wildman–Crippen LogP) is 1.53. The van der Waals surface area contributed by atoms with Crippen LogP contribution in [0.25, 0.3) is 0 Å². The van der Waals surface area contributed by atoms with Crippen molar-refractivity contribution in [1.82, 2.24) is 9.55 Å². The van der Waals surface area contributed by atoms with Crippen LogP contribution >= 0.6 is 11.6 Å². The Hall–Kier alpha value is -2.98. The highest BCUT2D eigenvalue weighted by Gasteiger charge is 2.21. The van der Waals surface area contributed by atoms with E-state index in [4.69, 9.17) is 16.3 Å². The molecule has 0 bridgehead atoms. The average Bonchev–Trinajstić information content (AvgIpc) is 3.13. The van der Waals surface area contributed by atoms with Crippen LogP contribution in [0.1, 0.15) is 23.2 Å². The summed E-state index contributed by atoms with van der Waals surface area (Å²) in [6.45, 7) is 0.606. The van der Waals surface area contributed by atoms with E-state index in [0.29, 0.717) is 6.61 Å². The Labute approximate surface area is 156 Å². The van der Waals surface area contributed by atoms with Gasteiger partial charge in [-0.05, 0) is 25.0 Å². The van der Waals surface area contributed by atoms with Crippen molar-refractivity contribution in [2.75, 3.05) is 11.9 Å². The van der Waals surface area contributed by atoms with E-state index in [-0.39, 0.29) is 34.6 Å². The smallest absolute Gasteiger partial charge is 0.328 e. The molecule has 1 amide bonds. The number of rotatable bonds is 5. The zero-order valence-corrected chi connectivity index (χ0v) is 14.7. The van der Waals surface area contributed by atoms with Gasteiger partial charge in [-0.2, -0.15) is 0 Å². The van der Waals surface area contributed by atoms with Crippen LogP contribution in [-0.4, -0.2) is 33.1 Å². The summed E-state index contributed by atoms with van der Waals surface area (Å²) >= 11 is 5.73. The molecule has 1 aliphatic rings. The summed E-state index contributed by atoms with van der Waals surface area (Å²) in [4.78, 5) is 49.5. The van der Waals surface area contributed by atoms with E-state index in [1.54, 1.807) is 0 Å². The number of aromatic amines is 1. The molecule has 0 radical (unpaired) electrons. The van der Waals surface area contributed by atoms with Crippen molar-refractivity contribution in [3.63, 3.8) is 0 Å². The third kappa shape index (κ3) is 4.07. The molecule has 1 aromatic carbocycles. The summed E-state index contributed by atoms with van der Waals surface area (Å²) in [5.74, 6) is -0.811. The van der Waals surface area contributed by atoms with Gasteiger partial charge in [0.1, 0.15) is 10.6 Å². The number of nitrogens with one attached hydrogen (secondary N) is 2. The van der Waals surface area contributed by atoms with Crippen molar-refractivity contribution >= 4 is 28.9 Å². The maximum Gasteiger partial charge on any atom is 0.328 e. The number of benzene rings is 1. The summed E-state index contributed by atoms with van der Waals surface area (Å²) in [6, 6.07) is 3.71. The molecule has 10 nitrogen and oxygen atoms in total. The lowest BCUT2D eigenvalue weighted by Gasteiger charge is -2.12. The number of nitro groups is 1. The lowest BCUT2D eigenvalue weighted by molar-refractivity contribution is -0.384. The molecule has 27 heavy (non-hydrogen) atoms. The standard InChI is InChI=1S/C16H15ClN4O6/c17-12-4-3-9(6-13(12)21(25)26)19-14(22)11-7-18-16(24)20(15(11)23)8-10-2-1-5-27-10/h3-4,6-7,10H,1-2,5,8H2,(H,18,24)(H,19,22). The zero-order chi connectivity index (χ0) is 19.6. The van der Waals surface area contributed by atoms with Crippen LogP contribution in [0.4, 0.5) is 11.4 Å². The van der Waals surface area contributed by atoms with Crippen LogP contribution in [0.15, 0.2) is 34.0 Å². The largest absolute Gasteiger partial charge is 0.376 e. The molecule has 2 aromatic rings. The minimum atomic E-state index is -0.811. The Kier molecular flexibility index (Phi) is 5.38. The van der Waals surface area contributed by atoms with Gasteiger partial charge < -0.3 is 15.0 Å². The van der Waals surface area contributed by atoms with E-state index in [9.17, 15) is 24.5 Å². The number of hydrogen-bond donors (Lipinski definition) is 2. The highest BCUT2D eigenvalue weighted by Crippen LogP contribution is 2.27. The van der Waals surface area contributed by atoms with E-state index < -0.39 is 22.1 Å². The topological polar surface area (TPSA) is 136 Å². The van der Waals surface area contributed by atoms with Crippen LogP contribution in [0, 0.1) is 10.1 Å². The van der Waals surface area contributed by atoms with Crippen LogP contribution in [0.3, 0.4) is 0 Å². The van der Waals surface area contributed by atoms with Gasteiger partial charge >= 0.3 is 5.69 Å². The van der Waals surface area contributed by atoms with Gasteiger partial charge in [-0.3, -0.25) is 24.3 Å². The third-order valence-corrected chi connectivity index (χ3v) is 4.44. The van der Waals surface area contributed by atoms with Gasteiger partial charge in [-0.15, -0.1) is 0 Å². The molecule has 0 spiro atoms. The van der Waals surface area contributed by atoms with E-state index in [2.05, 4.69) is 10.3 Å². The average molecular weight is 395 g/mol. The molecule has 142 valence electrons. The minimum Gasteiger partial charge on any atom is -0.376 e. The van der Waals surface area contributed by atoms with Crippen molar-refractivity contribution in [2.45, 2.75) is 25.5 Å². The molecule has 0 aliphatic carbocycles. The molecule has 3 rings (SSSR count). The fraction of sp³-hybridized carbons (Fsp3) is 0.312. The highest BCUT2D eigenvalue weighted by molar-refractivity contribution is 6.32. The Balaban J connectivity index is 1.87. The number of hydrogen-bond acceptors (Lipinski definition) is 6. The van der Waals surface area contributed by atoms with Crippen molar-refractivity contribution in [1.29, 1.82) is 0 Å². The van der Waals surface area contributed by atoms with Gasteiger partial charge in [0.2, 0.25) is 0 Å². The fourth-order valence-corrected chi connectivity index (χ4v) is 2.95. The van der Waals surface area contributed by atoms with Crippen LogP contribution < -0.4 is 16.6 Å². The first-order chi connectivity index (χ1) is 12.9. The molecule has 2 heterocycles. The molecule has 1 fully saturated rings. The molecule has 1 saturated heterocycles. The first-order valence-electron chi connectivity index (χ1n) is 8.06. The monoisotopic (exact) mass is 394 g/mol. The zero-order valence-electron chi connectivity index (χ0n) is 13.9. The van der Waals surface area contributed by atoms with Gasteiger partial charge in [0.25, 0.3) is 17.2 Å². The summed E-state index contributed by atoms with van der Waals surface area (Å²) in [6.07, 6.45) is 2.31.